The van der Waals surface area contributed by atoms with Crippen LogP contribution >= 0.6 is 15.9 Å². The minimum absolute atomic E-state index is 0.0199. The van der Waals surface area contributed by atoms with Gasteiger partial charge in [-0.1, -0.05) is 23.8 Å². The number of hydrogen-bond donors (Lipinski definition) is 1. The van der Waals surface area contributed by atoms with Crippen molar-refractivity contribution in [3.63, 3.8) is 0 Å². The van der Waals surface area contributed by atoms with Crippen LogP contribution in [0.3, 0.4) is 0 Å². The Morgan fingerprint density at radius 3 is 2.38 bits per heavy atom. The molecule has 8 nitrogen and oxygen atoms in total. The highest BCUT2D eigenvalue weighted by molar-refractivity contribution is 9.10. The third-order valence-corrected chi connectivity index (χ3v) is 6.24. The van der Waals surface area contributed by atoms with Crippen molar-refractivity contribution in [3.05, 3.63) is 58.1 Å². The first kappa shape index (κ1) is 27.8. The minimum Gasteiger partial charge on any atom is -0.492 e. The Morgan fingerprint density at radius 1 is 1.09 bits per heavy atom. The van der Waals surface area contributed by atoms with Crippen LogP contribution in [0.5, 0.6) is 5.75 Å². The highest BCUT2D eigenvalue weighted by Gasteiger charge is 2.16. The Kier molecular flexibility index (Phi) is 10.1. The van der Waals surface area contributed by atoms with Gasteiger partial charge in [-0.15, -0.1) is 0 Å². The molecule has 2 rings (SSSR count). The summed E-state index contributed by atoms with van der Waals surface area (Å²) in [5, 5.41) is 3.07. The predicted molar refractivity (Wildman–Crippen MR) is 135 cm³/mol. The molecule has 0 radical (unpaired) electrons. The zero-order chi connectivity index (χ0) is 25.4. The number of carbonyl (C=O) groups is 1. The average molecular weight is 555 g/mol. The van der Waals surface area contributed by atoms with Gasteiger partial charge in [0.2, 0.25) is 0 Å². The molecule has 10 heteroatoms. The number of benzene rings is 2. The van der Waals surface area contributed by atoms with E-state index in [1.54, 1.807) is 39.8 Å². The van der Waals surface area contributed by atoms with E-state index in [-0.39, 0.29) is 11.5 Å². The number of ether oxygens (including phenoxy) is 2. The van der Waals surface area contributed by atoms with Crippen LogP contribution in [0.15, 0.2) is 56.8 Å². The van der Waals surface area contributed by atoms with Gasteiger partial charge >= 0.3 is 6.09 Å². The average Bonchev–Trinajstić information content (AvgIpc) is 2.72. The fraction of sp³-hybridized carbons (Fsp3) is 0.417. The quantitative estimate of drug-likeness (QED) is 0.192. The third kappa shape index (κ3) is 9.82. The van der Waals surface area contributed by atoms with E-state index in [9.17, 15) is 13.2 Å². The molecule has 0 heterocycles. The zero-order valence-electron chi connectivity index (χ0n) is 20.1. The van der Waals surface area contributed by atoms with Crippen LogP contribution in [0.1, 0.15) is 45.2 Å². The lowest BCUT2D eigenvalue weighted by Gasteiger charge is -2.17. The van der Waals surface area contributed by atoms with Crippen molar-refractivity contribution in [3.8, 4) is 5.75 Å². The first-order valence-electron chi connectivity index (χ1n) is 10.8. The molecule has 1 N–H and O–H groups in total. The van der Waals surface area contributed by atoms with Gasteiger partial charge in [0, 0.05) is 13.0 Å². The first-order valence-corrected chi connectivity index (χ1v) is 13.0. The second-order valence-electron chi connectivity index (χ2n) is 8.59. The lowest BCUT2D eigenvalue weighted by atomic mass is 10.2. The highest BCUT2D eigenvalue weighted by Crippen LogP contribution is 2.26. The van der Waals surface area contributed by atoms with Crippen LogP contribution in [0, 0.1) is 6.92 Å². The van der Waals surface area contributed by atoms with Crippen molar-refractivity contribution >= 4 is 38.0 Å². The Balaban J connectivity index is 1.77. The van der Waals surface area contributed by atoms with Crippen molar-refractivity contribution in [1.82, 2.24) is 5.32 Å². The molecule has 186 valence electrons. The second kappa shape index (κ2) is 12.3. The molecule has 0 spiro atoms. The number of amidine groups is 1. The fourth-order valence-corrected chi connectivity index (χ4v) is 4.13. The number of aliphatic imine (C=N–C) groups is 1. The summed E-state index contributed by atoms with van der Waals surface area (Å²) in [5.74, 6) is 1.08. The minimum atomic E-state index is -3.78. The summed E-state index contributed by atoms with van der Waals surface area (Å²) in [4.78, 5) is 15.8. The highest BCUT2D eigenvalue weighted by atomic mass is 79.9. The van der Waals surface area contributed by atoms with Crippen LogP contribution in [0.2, 0.25) is 0 Å². The Bertz CT molecular complexity index is 1110. The maximum atomic E-state index is 12.2. The van der Waals surface area contributed by atoms with Gasteiger partial charge in [0.05, 0.1) is 22.6 Å². The molecule has 0 atom stereocenters. The molecule has 2 aromatic rings. The van der Waals surface area contributed by atoms with Gasteiger partial charge < -0.3 is 14.8 Å². The van der Waals surface area contributed by atoms with E-state index in [4.69, 9.17) is 13.7 Å². The molecular formula is C24H31BrN2O6S. The largest absolute Gasteiger partial charge is 0.492 e. The molecular weight excluding hydrogens is 524 g/mol. The SMILES string of the molecule is C/C(=N/C(=O)OC(C)(C)C)NCc1ccc(OCCCOS(=O)(=O)c2ccc(C)cc2)c(Br)c1. The molecule has 0 aromatic heterocycles. The predicted octanol–water partition coefficient (Wildman–Crippen LogP) is 5.38. The van der Waals surface area contributed by atoms with Gasteiger partial charge in [-0.25, -0.2) is 4.79 Å². The fourth-order valence-electron chi connectivity index (χ4n) is 2.65. The summed E-state index contributed by atoms with van der Waals surface area (Å²) < 4.78 is 41.1. The summed E-state index contributed by atoms with van der Waals surface area (Å²) in [5.41, 5.74) is 1.33. The Labute approximate surface area is 210 Å². The molecule has 0 unspecified atom stereocenters. The van der Waals surface area contributed by atoms with Gasteiger partial charge in [-0.3, -0.25) is 4.18 Å². The summed E-state index contributed by atoms with van der Waals surface area (Å²) in [7, 11) is -3.78. The smallest absolute Gasteiger partial charge is 0.435 e. The molecule has 0 saturated heterocycles. The number of amides is 1. The summed E-state index contributed by atoms with van der Waals surface area (Å²) >= 11 is 3.48. The van der Waals surface area contributed by atoms with E-state index in [2.05, 4.69) is 26.2 Å². The molecule has 0 bridgehead atoms. The molecule has 0 saturated carbocycles. The first-order chi connectivity index (χ1) is 15.9. The number of carbonyl (C=O) groups excluding carboxylic acids is 1. The van der Waals surface area contributed by atoms with Gasteiger partial charge in [-0.2, -0.15) is 13.4 Å². The summed E-state index contributed by atoms with van der Waals surface area (Å²) in [6.07, 6.45) is -0.237. The monoisotopic (exact) mass is 554 g/mol. The van der Waals surface area contributed by atoms with Gasteiger partial charge in [-0.05, 0) is 80.4 Å². The molecule has 0 aliphatic rings. The van der Waals surface area contributed by atoms with Crippen molar-refractivity contribution in [2.45, 2.75) is 58.1 Å². The van der Waals surface area contributed by atoms with Crippen molar-refractivity contribution in [2.24, 2.45) is 4.99 Å². The van der Waals surface area contributed by atoms with Gasteiger partial charge in [0.15, 0.2) is 0 Å². The second-order valence-corrected chi connectivity index (χ2v) is 11.1. The van der Waals surface area contributed by atoms with Crippen LogP contribution in [-0.2, 0) is 25.6 Å². The molecule has 0 aliphatic carbocycles. The summed E-state index contributed by atoms with van der Waals surface area (Å²) in [6, 6.07) is 12.1. The standard InChI is InChI=1S/C24H31BrN2O6S/c1-17-7-10-20(11-8-17)34(29,30)32-14-6-13-31-22-12-9-19(15-21(22)25)16-26-18(2)27-23(28)33-24(3,4)5/h7-12,15H,6,13-14,16H2,1-5H3,(H,26,27,28). The molecule has 1 amide bonds. The van der Waals surface area contributed by atoms with E-state index in [1.165, 1.54) is 12.1 Å². The van der Waals surface area contributed by atoms with Crippen molar-refractivity contribution in [2.75, 3.05) is 13.2 Å². The number of nitrogens with zero attached hydrogens (tertiary/aromatic N) is 1. The zero-order valence-corrected chi connectivity index (χ0v) is 22.5. The van der Waals surface area contributed by atoms with Gasteiger partial charge in [0.1, 0.15) is 17.2 Å². The lowest BCUT2D eigenvalue weighted by molar-refractivity contribution is 0.0603. The van der Waals surface area contributed by atoms with Crippen LogP contribution in [-0.4, -0.2) is 39.2 Å². The number of rotatable bonds is 9. The molecule has 0 fully saturated rings. The van der Waals surface area contributed by atoms with E-state index in [0.717, 1.165) is 15.6 Å². The third-order valence-electron chi connectivity index (χ3n) is 4.29. The number of hydrogen-bond acceptors (Lipinski definition) is 6. The maximum Gasteiger partial charge on any atom is 0.435 e. The van der Waals surface area contributed by atoms with E-state index < -0.39 is 21.8 Å². The van der Waals surface area contributed by atoms with Gasteiger partial charge in [0.25, 0.3) is 10.1 Å². The topological polar surface area (TPSA) is 103 Å². The Hall–Kier alpha value is -2.43. The lowest BCUT2D eigenvalue weighted by Crippen LogP contribution is -2.25. The van der Waals surface area contributed by atoms with E-state index >= 15 is 0 Å². The number of nitrogens with one attached hydrogen (secondary N) is 1. The summed E-state index contributed by atoms with van der Waals surface area (Å²) in [6.45, 7) is 9.70. The Morgan fingerprint density at radius 2 is 1.76 bits per heavy atom. The molecule has 2 aromatic carbocycles. The maximum absolute atomic E-state index is 12.2. The van der Waals surface area contributed by atoms with Crippen molar-refractivity contribution in [1.29, 1.82) is 0 Å². The van der Waals surface area contributed by atoms with Crippen LogP contribution in [0.25, 0.3) is 0 Å². The number of aryl methyl sites for hydroxylation is 1. The van der Waals surface area contributed by atoms with E-state index in [0.29, 0.717) is 31.2 Å². The normalized spacial score (nSPS) is 12.4. The number of halogens is 1. The van der Waals surface area contributed by atoms with E-state index in [1.807, 2.05) is 25.1 Å². The van der Waals surface area contributed by atoms with Crippen LogP contribution < -0.4 is 10.1 Å². The molecule has 0 aliphatic heterocycles. The molecule has 34 heavy (non-hydrogen) atoms. The van der Waals surface area contributed by atoms with Crippen molar-refractivity contribution < 1.29 is 26.9 Å². The van der Waals surface area contributed by atoms with Crippen LogP contribution in [0.4, 0.5) is 4.79 Å².